The zero-order valence-corrected chi connectivity index (χ0v) is 16.0. The Morgan fingerprint density at radius 2 is 1.80 bits per heavy atom. The van der Waals surface area contributed by atoms with Gasteiger partial charge in [-0.15, -0.1) is 0 Å². The highest BCUT2D eigenvalue weighted by Gasteiger charge is 2.32. The van der Waals surface area contributed by atoms with Crippen molar-refractivity contribution in [3.63, 3.8) is 0 Å². The number of halogens is 1. The van der Waals surface area contributed by atoms with E-state index in [0.717, 1.165) is 45.5 Å². The third kappa shape index (κ3) is 2.99. The standard InChI is InChI=1S/C21H21BrN2O/c1-12-9-17-18(10-13(12)2)24-21(14-5-3-6-15(22)11-14)20-16(23-17)7-4-8-19(20)25/h3,5-6,9-11,21,23-24H,4,7-8H2,1-2H3/t21-/m0/s1. The lowest BCUT2D eigenvalue weighted by atomic mass is 9.87. The van der Waals surface area contributed by atoms with Crippen molar-refractivity contribution in [3.05, 3.63) is 68.8 Å². The van der Waals surface area contributed by atoms with Crippen molar-refractivity contribution in [1.29, 1.82) is 0 Å². The van der Waals surface area contributed by atoms with Gasteiger partial charge in [0.1, 0.15) is 0 Å². The van der Waals surface area contributed by atoms with Crippen LogP contribution in [0.15, 0.2) is 52.1 Å². The third-order valence-electron chi connectivity index (χ3n) is 5.15. The van der Waals surface area contributed by atoms with Gasteiger partial charge >= 0.3 is 0 Å². The number of rotatable bonds is 1. The van der Waals surface area contributed by atoms with Gasteiger partial charge in [0.25, 0.3) is 0 Å². The Balaban J connectivity index is 1.90. The number of ketones is 1. The predicted octanol–water partition coefficient (Wildman–Crippen LogP) is 5.65. The van der Waals surface area contributed by atoms with Crippen LogP contribution in [-0.2, 0) is 4.79 Å². The molecule has 128 valence electrons. The molecule has 0 radical (unpaired) electrons. The number of carbonyl (C=O) groups is 1. The van der Waals surface area contributed by atoms with Crippen LogP contribution >= 0.6 is 15.9 Å². The van der Waals surface area contributed by atoms with Crippen molar-refractivity contribution in [2.45, 2.75) is 39.2 Å². The van der Waals surface area contributed by atoms with Gasteiger partial charge in [-0.25, -0.2) is 0 Å². The zero-order valence-electron chi connectivity index (χ0n) is 14.4. The second-order valence-corrected chi connectivity index (χ2v) is 7.82. The number of aryl methyl sites for hydroxylation is 2. The smallest absolute Gasteiger partial charge is 0.163 e. The highest BCUT2D eigenvalue weighted by atomic mass is 79.9. The monoisotopic (exact) mass is 396 g/mol. The van der Waals surface area contributed by atoms with Crippen LogP contribution in [0.5, 0.6) is 0 Å². The van der Waals surface area contributed by atoms with Gasteiger partial charge in [0.05, 0.1) is 17.4 Å². The molecule has 0 fully saturated rings. The number of benzene rings is 2. The Morgan fingerprint density at radius 1 is 1.04 bits per heavy atom. The number of Topliss-reactive ketones (excluding diaryl/α,β-unsaturated/α-hetero) is 1. The average Bonchev–Trinajstić information content (AvgIpc) is 2.73. The van der Waals surface area contributed by atoms with E-state index in [1.807, 2.05) is 12.1 Å². The number of carbonyl (C=O) groups excluding carboxylic acids is 1. The molecule has 4 rings (SSSR count). The second-order valence-electron chi connectivity index (χ2n) is 6.91. The van der Waals surface area contributed by atoms with Crippen LogP contribution in [0.4, 0.5) is 11.4 Å². The van der Waals surface area contributed by atoms with Gasteiger partial charge in [-0.1, -0.05) is 28.1 Å². The van der Waals surface area contributed by atoms with E-state index in [1.165, 1.54) is 11.1 Å². The predicted molar refractivity (Wildman–Crippen MR) is 106 cm³/mol. The van der Waals surface area contributed by atoms with E-state index in [0.29, 0.717) is 6.42 Å². The van der Waals surface area contributed by atoms with Crippen LogP contribution < -0.4 is 10.6 Å². The number of allylic oxidation sites excluding steroid dienone is 1. The minimum atomic E-state index is -0.129. The Morgan fingerprint density at radius 3 is 2.56 bits per heavy atom. The van der Waals surface area contributed by atoms with Crippen LogP contribution in [-0.4, -0.2) is 5.78 Å². The minimum absolute atomic E-state index is 0.129. The summed E-state index contributed by atoms with van der Waals surface area (Å²) in [6, 6.07) is 12.4. The van der Waals surface area contributed by atoms with Gasteiger partial charge in [0.15, 0.2) is 5.78 Å². The molecular formula is C21H21BrN2O. The van der Waals surface area contributed by atoms with E-state index in [-0.39, 0.29) is 11.8 Å². The zero-order chi connectivity index (χ0) is 17.6. The molecule has 0 unspecified atom stereocenters. The fourth-order valence-electron chi connectivity index (χ4n) is 3.69. The highest BCUT2D eigenvalue weighted by molar-refractivity contribution is 9.10. The summed E-state index contributed by atoms with van der Waals surface area (Å²) in [5, 5.41) is 7.20. The lowest BCUT2D eigenvalue weighted by molar-refractivity contribution is -0.116. The molecule has 0 spiro atoms. The van der Waals surface area contributed by atoms with E-state index in [4.69, 9.17) is 0 Å². The third-order valence-corrected chi connectivity index (χ3v) is 5.64. The summed E-state index contributed by atoms with van der Waals surface area (Å²) < 4.78 is 1.02. The molecule has 1 heterocycles. The molecule has 4 heteroatoms. The van der Waals surface area contributed by atoms with E-state index in [9.17, 15) is 4.79 Å². The van der Waals surface area contributed by atoms with Crippen molar-refractivity contribution in [2.24, 2.45) is 0 Å². The summed E-state index contributed by atoms with van der Waals surface area (Å²) in [7, 11) is 0. The summed E-state index contributed by atoms with van der Waals surface area (Å²) in [6.45, 7) is 4.24. The lowest BCUT2D eigenvalue weighted by Gasteiger charge is -2.25. The Hall–Kier alpha value is -2.07. The molecule has 2 aromatic rings. The molecule has 2 aliphatic rings. The quantitative estimate of drug-likeness (QED) is 0.653. The topological polar surface area (TPSA) is 41.1 Å². The highest BCUT2D eigenvalue weighted by Crippen LogP contribution is 2.41. The molecule has 0 aromatic heterocycles. The minimum Gasteiger partial charge on any atom is -0.372 e. The first-order valence-electron chi connectivity index (χ1n) is 8.69. The molecule has 3 nitrogen and oxygen atoms in total. The molecule has 2 N–H and O–H groups in total. The molecule has 25 heavy (non-hydrogen) atoms. The molecule has 0 bridgehead atoms. The van der Waals surface area contributed by atoms with E-state index >= 15 is 0 Å². The second kappa shape index (κ2) is 6.34. The first kappa shape index (κ1) is 16.4. The lowest BCUT2D eigenvalue weighted by Crippen LogP contribution is -2.23. The number of fused-ring (bicyclic) bond motifs is 1. The largest absolute Gasteiger partial charge is 0.372 e. The summed E-state index contributed by atoms with van der Waals surface area (Å²) in [4.78, 5) is 12.8. The van der Waals surface area contributed by atoms with E-state index in [1.54, 1.807) is 0 Å². The SMILES string of the molecule is Cc1cc2c(cc1C)N[C@@H](c1cccc(Br)c1)C1=C(CCCC1=O)N2. The Labute approximate surface area is 156 Å². The fraction of sp³-hybridized carbons (Fsp3) is 0.286. The van der Waals surface area contributed by atoms with Crippen LogP contribution in [0.3, 0.4) is 0 Å². The molecule has 1 atom stereocenters. The first-order chi connectivity index (χ1) is 12.0. The molecule has 1 aliphatic heterocycles. The first-order valence-corrected chi connectivity index (χ1v) is 9.49. The number of anilines is 2. The maximum absolute atomic E-state index is 12.8. The Bertz CT molecular complexity index is 901. The summed E-state index contributed by atoms with van der Waals surface area (Å²) in [6.07, 6.45) is 2.46. The molecule has 0 saturated heterocycles. The van der Waals surface area contributed by atoms with Gasteiger partial charge in [-0.2, -0.15) is 0 Å². The van der Waals surface area contributed by atoms with Crippen LogP contribution in [0.1, 0.15) is 42.0 Å². The van der Waals surface area contributed by atoms with Gasteiger partial charge in [0, 0.05) is 22.2 Å². The molecular weight excluding hydrogens is 376 g/mol. The maximum atomic E-state index is 12.8. The van der Waals surface area contributed by atoms with Crippen LogP contribution in [0.2, 0.25) is 0 Å². The van der Waals surface area contributed by atoms with Crippen molar-refractivity contribution < 1.29 is 4.79 Å². The molecule has 0 amide bonds. The Kier molecular flexibility index (Phi) is 4.16. The summed E-state index contributed by atoms with van der Waals surface area (Å²) >= 11 is 3.56. The average molecular weight is 397 g/mol. The van der Waals surface area contributed by atoms with Crippen molar-refractivity contribution in [1.82, 2.24) is 0 Å². The molecule has 1 aliphatic carbocycles. The van der Waals surface area contributed by atoms with Crippen LogP contribution in [0.25, 0.3) is 0 Å². The number of hydrogen-bond donors (Lipinski definition) is 2. The molecule has 2 aromatic carbocycles. The van der Waals surface area contributed by atoms with Gasteiger partial charge in [-0.3, -0.25) is 4.79 Å². The number of hydrogen-bond acceptors (Lipinski definition) is 3. The van der Waals surface area contributed by atoms with Gasteiger partial charge in [-0.05, 0) is 67.6 Å². The summed E-state index contributed by atoms with van der Waals surface area (Å²) in [5.74, 6) is 0.243. The van der Waals surface area contributed by atoms with Crippen molar-refractivity contribution in [3.8, 4) is 0 Å². The van der Waals surface area contributed by atoms with Crippen LogP contribution in [0, 0.1) is 13.8 Å². The normalized spacial score (nSPS) is 19.5. The molecule has 0 saturated carbocycles. The van der Waals surface area contributed by atoms with Crippen molar-refractivity contribution in [2.75, 3.05) is 10.6 Å². The van der Waals surface area contributed by atoms with E-state index in [2.05, 4.69) is 64.7 Å². The summed E-state index contributed by atoms with van der Waals surface area (Å²) in [5.41, 5.74) is 7.65. The number of nitrogens with one attached hydrogen (secondary N) is 2. The maximum Gasteiger partial charge on any atom is 0.163 e. The van der Waals surface area contributed by atoms with Gasteiger partial charge < -0.3 is 10.6 Å². The van der Waals surface area contributed by atoms with Gasteiger partial charge in [0.2, 0.25) is 0 Å². The fourth-order valence-corrected chi connectivity index (χ4v) is 4.11. The van der Waals surface area contributed by atoms with E-state index < -0.39 is 0 Å². The van der Waals surface area contributed by atoms with Crippen molar-refractivity contribution >= 4 is 33.1 Å².